The highest BCUT2D eigenvalue weighted by Crippen LogP contribution is 2.33. The largest absolute Gasteiger partial charge is 0.0985 e. The SMILES string of the molecule is C=Cc1cc(C(C)(C)C)cc(C(C)(C)C)c1C.CC.Cc1cccc(C)c1C.Cc1ccccc1C. The van der Waals surface area contributed by atoms with Gasteiger partial charge in [-0.25, -0.2) is 0 Å². The number of benzene rings is 3. The second-order valence-electron chi connectivity index (χ2n) is 11.5. The van der Waals surface area contributed by atoms with E-state index in [1.165, 1.54) is 50.1 Å². The van der Waals surface area contributed by atoms with Crippen molar-refractivity contribution in [2.75, 3.05) is 0 Å². The third kappa shape index (κ3) is 10.6. The minimum atomic E-state index is 0.184. The van der Waals surface area contributed by atoms with E-state index >= 15 is 0 Å². The summed E-state index contributed by atoms with van der Waals surface area (Å²) in [5.74, 6) is 0. The fourth-order valence-electron chi connectivity index (χ4n) is 3.72. The molecule has 0 N–H and O–H groups in total. The van der Waals surface area contributed by atoms with Crippen molar-refractivity contribution in [1.82, 2.24) is 0 Å². The van der Waals surface area contributed by atoms with E-state index in [4.69, 9.17) is 0 Å². The van der Waals surface area contributed by atoms with Crippen molar-refractivity contribution < 1.29 is 0 Å². The zero-order chi connectivity index (χ0) is 28.3. The molecule has 3 rings (SSSR count). The van der Waals surface area contributed by atoms with Crippen LogP contribution in [0.5, 0.6) is 0 Å². The third-order valence-corrected chi connectivity index (χ3v) is 6.64. The molecule has 0 aliphatic carbocycles. The zero-order valence-electron chi connectivity index (χ0n) is 26.0. The summed E-state index contributed by atoms with van der Waals surface area (Å²) in [6.45, 7) is 34.4. The predicted octanol–water partition coefficient (Wildman–Crippen LogP) is 11.2. The van der Waals surface area contributed by atoms with Gasteiger partial charge in [-0.2, -0.15) is 0 Å². The monoisotopic (exact) mass is 486 g/mol. The number of hydrogen-bond acceptors (Lipinski definition) is 0. The molecule has 3 aromatic rings. The molecule has 0 bridgehead atoms. The van der Waals surface area contributed by atoms with Crippen molar-refractivity contribution in [2.24, 2.45) is 0 Å². The molecule has 0 aliphatic heterocycles. The molecule has 0 aliphatic rings. The van der Waals surface area contributed by atoms with Crippen molar-refractivity contribution in [3.8, 4) is 0 Å². The second kappa shape index (κ2) is 14.8. The molecule has 0 radical (unpaired) electrons. The molecular formula is C36H54. The first-order valence-electron chi connectivity index (χ1n) is 13.4. The van der Waals surface area contributed by atoms with Crippen LogP contribution < -0.4 is 0 Å². The molecule has 0 heterocycles. The van der Waals surface area contributed by atoms with Gasteiger partial charge in [0, 0.05) is 0 Å². The Labute approximate surface area is 224 Å². The maximum Gasteiger partial charge on any atom is -0.0129 e. The van der Waals surface area contributed by atoms with Gasteiger partial charge in [0.25, 0.3) is 0 Å². The van der Waals surface area contributed by atoms with Gasteiger partial charge in [-0.15, -0.1) is 0 Å². The average Bonchev–Trinajstić information content (AvgIpc) is 2.80. The first-order chi connectivity index (χ1) is 16.6. The lowest BCUT2D eigenvalue weighted by Gasteiger charge is -2.28. The van der Waals surface area contributed by atoms with Crippen LogP contribution in [0.4, 0.5) is 0 Å². The molecule has 0 aromatic heterocycles. The minimum Gasteiger partial charge on any atom is -0.0985 e. The summed E-state index contributed by atoms with van der Waals surface area (Å²) >= 11 is 0. The van der Waals surface area contributed by atoms with Gasteiger partial charge in [0.05, 0.1) is 0 Å². The molecular weight excluding hydrogens is 432 g/mol. The van der Waals surface area contributed by atoms with Crippen LogP contribution in [0.25, 0.3) is 6.08 Å². The number of rotatable bonds is 1. The van der Waals surface area contributed by atoms with Crippen LogP contribution in [0.1, 0.15) is 105 Å². The Hall–Kier alpha value is -2.60. The molecule has 198 valence electrons. The molecule has 0 unspecified atom stereocenters. The van der Waals surface area contributed by atoms with Crippen LogP contribution >= 0.6 is 0 Å². The van der Waals surface area contributed by atoms with E-state index in [1.54, 1.807) is 0 Å². The van der Waals surface area contributed by atoms with E-state index in [0.717, 1.165) is 0 Å². The normalized spacial score (nSPS) is 10.6. The lowest BCUT2D eigenvalue weighted by atomic mass is 9.77. The van der Waals surface area contributed by atoms with E-state index in [9.17, 15) is 0 Å². The number of aryl methyl sites for hydroxylation is 4. The van der Waals surface area contributed by atoms with Crippen molar-refractivity contribution in [3.05, 3.63) is 111 Å². The van der Waals surface area contributed by atoms with Gasteiger partial charge >= 0.3 is 0 Å². The highest BCUT2D eigenvalue weighted by Gasteiger charge is 2.22. The van der Waals surface area contributed by atoms with E-state index in [1.807, 2.05) is 19.9 Å². The van der Waals surface area contributed by atoms with E-state index in [2.05, 4.69) is 144 Å². The summed E-state index contributed by atoms with van der Waals surface area (Å²) in [6, 6.07) is 19.4. The average molecular weight is 487 g/mol. The van der Waals surface area contributed by atoms with Crippen molar-refractivity contribution in [1.29, 1.82) is 0 Å². The molecule has 0 saturated heterocycles. The molecule has 0 heteroatoms. The van der Waals surface area contributed by atoms with E-state index in [-0.39, 0.29) is 10.8 Å². The van der Waals surface area contributed by atoms with Crippen molar-refractivity contribution in [3.63, 3.8) is 0 Å². The second-order valence-corrected chi connectivity index (χ2v) is 11.5. The fraction of sp³-hybridized carbons (Fsp3) is 0.444. The van der Waals surface area contributed by atoms with Crippen LogP contribution in [-0.4, -0.2) is 0 Å². The molecule has 3 aromatic carbocycles. The summed E-state index contributed by atoms with van der Waals surface area (Å²) < 4.78 is 0. The molecule has 36 heavy (non-hydrogen) atoms. The molecule has 0 fully saturated rings. The van der Waals surface area contributed by atoms with Gasteiger partial charge < -0.3 is 0 Å². The highest BCUT2D eigenvalue weighted by atomic mass is 14.3. The molecule has 0 nitrogen and oxygen atoms in total. The maximum atomic E-state index is 3.94. The predicted molar refractivity (Wildman–Crippen MR) is 167 cm³/mol. The Balaban J connectivity index is 0.000000540. The first kappa shape index (κ1) is 33.4. The van der Waals surface area contributed by atoms with Crippen LogP contribution in [0.15, 0.2) is 61.2 Å². The zero-order valence-corrected chi connectivity index (χ0v) is 26.0. The van der Waals surface area contributed by atoms with Gasteiger partial charge in [0.1, 0.15) is 0 Å². The van der Waals surface area contributed by atoms with Gasteiger partial charge in [0.2, 0.25) is 0 Å². The Morgan fingerprint density at radius 2 is 0.972 bits per heavy atom. The Morgan fingerprint density at radius 3 is 1.28 bits per heavy atom. The van der Waals surface area contributed by atoms with Gasteiger partial charge in [-0.1, -0.05) is 123 Å². The lowest BCUT2D eigenvalue weighted by Crippen LogP contribution is -2.18. The van der Waals surface area contributed by atoms with Crippen LogP contribution in [0.3, 0.4) is 0 Å². The topological polar surface area (TPSA) is 0 Å². The Bertz CT molecular complexity index is 1040. The summed E-state index contributed by atoms with van der Waals surface area (Å²) in [5, 5.41) is 0. The quantitative estimate of drug-likeness (QED) is 0.321. The lowest BCUT2D eigenvalue weighted by molar-refractivity contribution is 0.565. The van der Waals surface area contributed by atoms with Gasteiger partial charge in [-0.05, 0) is 102 Å². The minimum absolute atomic E-state index is 0.184. The molecule has 0 amide bonds. The first-order valence-corrected chi connectivity index (χ1v) is 13.4. The van der Waals surface area contributed by atoms with Crippen molar-refractivity contribution in [2.45, 2.75) is 108 Å². The summed E-state index contributed by atoms with van der Waals surface area (Å²) in [7, 11) is 0. The van der Waals surface area contributed by atoms with Crippen LogP contribution in [0.2, 0.25) is 0 Å². The standard InChI is InChI=1S/C17H26.C9H12.C8H10.C2H6/c1-9-13-10-14(16(3,4)5)11-15(12(13)2)17(6,7)8;1-7-5-4-6-8(2)9(7)3;1-7-5-3-4-6-8(7)2;1-2/h9-11H,1H2,2-8H3;4-6H,1-3H3;3-6H,1-2H3;1-2H3. The van der Waals surface area contributed by atoms with Crippen LogP contribution in [-0.2, 0) is 10.8 Å². The molecule has 0 saturated carbocycles. The van der Waals surface area contributed by atoms with E-state index < -0.39 is 0 Å². The fourth-order valence-corrected chi connectivity index (χ4v) is 3.72. The van der Waals surface area contributed by atoms with Gasteiger partial charge in [0.15, 0.2) is 0 Å². The Kier molecular flexibility index (Phi) is 13.8. The highest BCUT2D eigenvalue weighted by molar-refractivity contribution is 5.57. The smallest absolute Gasteiger partial charge is 0.0129 e. The van der Waals surface area contributed by atoms with Crippen molar-refractivity contribution >= 4 is 6.08 Å². The molecule has 0 atom stereocenters. The van der Waals surface area contributed by atoms with Crippen LogP contribution in [0, 0.1) is 41.5 Å². The summed E-state index contributed by atoms with van der Waals surface area (Å²) in [5.41, 5.74) is 12.7. The van der Waals surface area contributed by atoms with Gasteiger partial charge in [-0.3, -0.25) is 0 Å². The summed E-state index contributed by atoms with van der Waals surface area (Å²) in [6.07, 6.45) is 1.97. The Morgan fingerprint density at radius 1 is 0.556 bits per heavy atom. The maximum absolute atomic E-state index is 3.94. The summed E-state index contributed by atoms with van der Waals surface area (Å²) in [4.78, 5) is 0. The molecule has 0 spiro atoms. The number of hydrogen-bond donors (Lipinski definition) is 0. The third-order valence-electron chi connectivity index (χ3n) is 6.64. The van der Waals surface area contributed by atoms with E-state index in [0.29, 0.717) is 0 Å².